The van der Waals surface area contributed by atoms with Crippen molar-refractivity contribution in [3.05, 3.63) is 39.6 Å². The molecule has 1 atom stereocenters. The number of carboxylic acids is 1. The van der Waals surface area contributed by atoms with E-state index in [0.29, 0.717) is 11.7 Å². The first-order valence-corrected chi connectivity index (χ1v) is 11.3. The highest BCUT2D eigenvalue weighted by Gasteiger charge is 2.38. The molecule has 5 nitrogen and oxygen atoms in total. The first-order valence-electron chi connectivity index (χ1n) is 10.4. The highest BCUT2D eigenvalue weighted by molar-refractivity contribution is 7.08. The van der Waals surface area contributed by atoms with Gasteiger partial charge in [-0.2, -0.15) is 24.5 Å². The number of alkyl halides is 3. The fourth-order valence-electron chi connectivity index (χ4n) is 3.51. The summed E-state index contributed by atoms with van der Waals surface area (Å²) in [5.74, 6) is -1.69. The van der Waals surface area contributed by atoms with E-state index in [4.69, 9.17) is 20.4 Å². The topological polar surface area (TPSA) is 89.6 Å². The van der Waals surface area contributed by atoms with Crippen molar-refractivity contribution in [2.45, 2.75) is 71.9 Å². The van der Waals surface area contributed by atoms with Gasteiger partial charge in [0.2, 0.25) is 0 Å². The fraction of sp³-hybridized carbons (Fsp3) is 0.478. The Morgan fingerprint density at radius 3 is 2.25 bits per heavy atom. The molecule has 3 N–H and O–H groups in total. The first kappa shape index (κ1) is 27.5. The van der Waals surface area contributed by atoms with Gasteiger partial charge >= 0.3 is 18.2 Å². The summed E-state index contributed by atoms with van der Waals surface area (Å²) in [4.78, 5) is 20.3. The second-order valence-electron chi connectivity index (χ2n) is 7.43. The Bertz CT molecular complexity index is 896. The molecule has 0 radical (unpaired) electrons. The van der Waals surface area contributed by atoms with Crippen LogP contribution in [0.15, 0.2) is 22.9 Å². The molecule has 2 aromatic rings. The molecule has 1 unspecified atom stereocenters. The van der Waals surface area contributed by atoms with E-state index in [2.05, 4.69) is 39.1 Å². The van der Waals surface area contributed by atoms with Gasteiger partial charge in [-0.3, -0.25) is 0 Å². The van der Waals surface area contributed by atoms with Gasteiger partial charge in [0.1, 0.15) is 5.75 Å². The third-order valence-corrected chi connectivity index (χ3v) is 5.94. The molecule has 0 saturated heterocycles. The van der Waals surface area contributed by atoms with Crippen LogP contribution in [0, 0.1) is 13.8 Å². The SMILES string of the molecule is CCCCCC(CC)c1cc(OC(N)=O)c(-c2ccsc2)c(C)c1C.O=C(O)C(F)(F)F. The van der Waals surface area contributed by atoms with E-state index in [1.165, 1.54) is 42.4 Å². The molecular weight excluding hydrogens is 443 g/mol. The third kappa shape index (κ3) is 7.85. The molecule has 0 aliphatic carbocycles. The van der Waals surface area contributed by atoms with Crippen LogP contribution in [-0.2, 0) is 4.79 Å². The number of carbonyl (C=O) groups excluding carboxylic acids is 1. The monoisotopic (exact) mass is 473 g/mol. The number of aliphatic carboxylic acids is 1. The molecule has 1 heterocycles. The highest BCUT2D eigenvalue weighted by atomic mass is 32.1. The van der Waals surface area contributed by atoms with Gasteiger partial charge in [0.05, 0.1) is 0 Å². The lowest BCUT2D eigenvalue weighted by atomic mass is 9.84. The Morgan fingerprint density at radius 1 is 1.19 bits per heavy atom. The quantitative estimate of drug-likeness (QED) is 0.397. The summed E-state index contributed by atoms with van der Waals surface area (Å²) in [5.41, 5.74) is 11.1. The number of halogens is 3. The maximum atomic E-state index is 11.5. The maximum absolute atomic E-state index is 11.5. The number of ether oxygens (including phenoxy) is 1. The molecule has 1 amide bonds. The minimum Gasteiger partial charge on any atom is -0.475 e. The lowest BCUT2D eigenvalue weighted by molar-refractivity contribution is -0.192. The van der Waals surface area contributed by atoms with E-state index in [0.717, 1.165) is 17.5 Å². The van der Waals surface area contributed by atoms with Crippen LogP contribution >= 0.6 is 11.3 Å². The summed E-state index contributed by atoms with van der Waals surface area (Å²) >= 11 is 1.63. The molecule has 1 aromatic carbocycles. The maximum Gasteiger partial charge on any atom is 0.490 e. The van der Waals surface area contributed by atoms with Crippen LogP contribution in [0.1, 0.15) is 68.6 Å². The van der Waals surface area contributed by atoms with E-state index in [-0.39, 0.29) is 0 Å². The van der Waals surface area contributed by atoms with Crippen LogP contribution in [-0.4, -0.2) is 23.3 Å². The van der Waals surface area contributed by atoms with Gasteiger partial charge in [-0.15, -0.1) is 0 Å². The lowest BCUT2D eigenvalue weighted by Gasteiger charge is -2.23. The van der Waals surface area contributed by atoms with Crippen molar-refractivity contribution in [3.8, 4) is 16.9 Å². The molecule has 0 spiro atoms. The Hall–Kier alpha value is -2.55. The van der Waals surface area contributed by atoms with Gasteiger partial charge in [0, 0.05) is 5.56 Å². The van der Waals surface area contributed by atoms with E-state index in [1.807, 2.05) is 11.4 Å². The molecule has 9 heteroatoms. The van der Waals surface area contributed by atoms with Gasteiger partial charge in [0.15, 0.2) is 0 Å². The number of primary amides is 1. The number of unbranched alkanes of at least 4 members (excludes halogenated alkanes) is 2. The zero-order valence-corrected chi connectivity index (χ0v) is 19.5. The molecule has 1 aromatic heterocycles. The summed E-state index contributed by atoms with van der Waals surface area (Å²) in [7, 11) is 0. The van der Waals surface area contributed by atoms with Gasteiger partial charge in [0.25, 0.3) is 0 Å². The average molecular weight is 474 g/mol. The van der Waals surface area contributed by atoms with E-state index < -0.39 is 18.2 Å². The van der Waals surface area contributed by atoms with Crippen LogP contribution in [0.3, 0.4) is 0 Å². The van der Waals surface area contributed by atoms with E-state index in [1.54, 1.807) is 11.3 Å². The number of nitrogens with two attached hydrogens (primary N) is 1. The predicted molar refractivity (Wildman–Crippen MR) is 120 cm³/mol. The molecule has 0 fully saturated rings. The molecule has 0 aliphatic rings. The van der Waals surface area contributed by atoms with Crippen molar-refractivity contribution in [2.75, 3.05) is 0 Å². The predicted octanol–water partition coefficient (Wildman–Crippen LogP) is 7.20. The van der Waals surface area contributed by atoms with E-state index >= 15 is 0 Å². The number of amides is 1. The summed E-state index contributed by atoms with van der Waals surface area (Å²) in [5, 5.41) is 11.2. The molecular formula is C23H30F3NO4S. The fourth-order valence-corrected chi connectivity index (χ4v) is 4.16. The second-order valence-corrected chi connectivity index (χ2v) is 8.21. The van der Waals surface area contributed by atoms with Crippen LogP contribution in [0.4, 0.5) is 18.0 Å². The van der Waals surface area contributed by atoms with Crippen LogP contribution in [0.5, 0.6) is 5.75 Å². The number of hydrogen-bond acceptors (Lipinski definition) is 4. The average Bonchev–Trinajstić information content (AvgIpc) is 3.22. The van der Waals surface area contributed by atoms with Crippen molar-refractivity contribution in [1.29, 1.82) is 0 Å². The number of thiophene rings is 1. The zero-order chi connectivity index (χ0) is 24.5. The minimum atomic E-state index is -5.08. The molecule has 2 rings (SSSR count). The number of rotatable bonds is 8. The zero-order valence-electron chi connectivity index (χ0n) is 18.7. The second kappa shape index (κ2) is 12.5. The molecule has 0 aliphatic heterocycles. The Labute approximate surface area is 190 Å². The number of benzene rings is 1. The molecule has 0 bridgehead atoms. The molecule has 0 saturated carbocycles. The van der Waals surface area contributed by atoms with Crippen LogP contribution in [0.25, 0.3) is 11.1 Å². The lowest BCUT2D eigenvalue weighted by Crippen LogP contribution is -2.21. The highest BCUT2D eigenvalue weighted by Crippen LogP contribution is 2.41. The van der Waals surface area contributed by atoms with Crippen LogP contribution in [0.2, 0.25) is 0 Å². The Balaban J connectivity index is 0.000000633. The van der Waals surface area contributed by atoms with E-state index in [9.17, 15) is 18.0 Å². The summed E-state index contributed by atoms with van der Waals surface area (Å²) in [6.45, 7) is 8.74. The summed E-state index contributed by atoms with van der Waals surface area (Å²) < 4.78 is 37.1. The Morgan fingerprint density at radius 2 is 1.81 bits per heavy atom. The largest absolute Gasteiger partial charge is 0.490 e. The smallest absolute Gasteiger partial charge is 0.475 e. The van der Waals surface area contributed by atoms with Gasteiger partial charge in [-0.05, 0) is 77.8 Å². The normalized spacial score (nSPS) is 12.0. The molecule has 32 heavy (non-hydrogen) atoms. The van der Waals surface area contributed by atoms with Gasteiger partial charge < -0.3 is 15.6 Å². The summed E-state index contributed by atoms with van der Waals surface area (Å²) in [6.07, 6.45) is 0.111. The Kier molecular flexibility index (Phi) is 10.7. The number of carboxylic acid groups (broad SMARTS) is 1. The standard InChI is InChI=1S/C21H29NO2S.C2HF3O2/c1-5-7-8-9-16(6-2)18-12-19(24-21(22)23)20(15(4)14(18)3)17-10-11-25-13-17;3-2(4,5)1(6)7/h10-13,16H,5-9H2,1-4H3,(H2,22,23);(H,6,7). The van der Waals surface area contributed by atoms with Gasteiger partial charge in [-0.25, -0.2) is 9.59 Å². The van der Waals surface area contributed by atoms with Crippen molar-refractivity contribution in [2.24, 2.45) is 5.73 Å². The van der Waals surface area contributed by atoms with Gasteiger partial charge in [-0.1, -0.05) is 33.1 Å². The minimum absolute atomic E-state index is 0.483. The van der Waals surface area contributed by atoms with Crippen molar-refractivity contribution < 1.29 is 32.6 Å². The summed E-state index contributed by atoms with van der Waals surface area (Å²) in [6, 6.07) is 4.10. The van der Waals surface area contributed by atoms with Crippen molar-refractivity contribution >= 4 is 23.4 Å². The van der Waals surface area contributed by atoms with Crippen molar-refractivity contribution in [3.63, 3.8) is 0 Å². The molecule has 178 valence electrons. The van der Waals surface area contributed by atoms with Crippen molar-refractivity contribution in [1.82, 2.24) is 0 Å². The number of carbonyl (C=O) groups is 2. The number of hydrogen-bond donors (Lipinski definition) is 2. The van der Waals surface area contributed by atoms with Crippen LogP contribution < -0.4 is 10.5 Å². The first-order chi connectivity index (χ1) is 14.9. The third-order valence-electron chi connectivity index (χ3n) is 5.26.